The van der Waals surface area contributed by atoms with Crippen LogP contribution in [0.3, 0.4) is 0 Å². The molecule has 0 radical (unpaired) electrons. The third-order valence-electron chi connectivity index (χ3n) is 4.78. The zero-order chi connectivity index (χ0) is 19.9. The van der Waals surface area contributed by atoms with Crippen LogP contribution >= 0.6 is 0 Å². The van der Waals surface area contributed by atoms with E-state index < -0.39 is 0 Å². The van der Waals surface area contributed by atoms with Crippen LogP contribution in [0, 0.1) is 0 Å². The van der Waals surface area contributed by atoms with Crippen LogP contribution in [0.5, 0.6) is 0 Å². The van der Waals surface area contributed by atoms with Gasteiger partial charge in [0.2, 0.25) is 11.5 Å². The molecule has 0 N–H and O–H groups in total. The van der Waals surface area contributed by atoms with Gasteiger partial charge >= 0.3 is 0 Å². The molecule has 0 unspecified atom stereocenters. The lowest BCUT2D eigenvalue weighted by atomic mass is 10.0. The summed E-state index contributed by atoms with van der Waals surface area (Å²) in [5, 5.41) is 35.8. The van der Waals surface area contributed by atoms with E-state index in [1.54, 1.807) is 12.3 Å². The molecule has 0 atom stereocenters. The predicted molar refractivity (Wildman–Crippen MR) is 110 cm³/mol. The fourth-order valence-corrected chi connectivity index (χ4v) is 3.38. The first-order valence-corrected chi connectivity index (χ1v) is 9.17. The standard InChI is InChI=1S/C21H11N9/c1-3-7-14-12(5-1)11-17(27-24-14)18-13-6-2-4-8-15(13)25-28-19(18)21-23-20-16(26-30-21)9-10-22-29-20/h1-11H. The Kier molecular flexibility index (Phi) is 3.57. The maximum atomic E-state index is 4.50. The summed E-state index contributed by atoms with van der Waals surface area (Å²) in [7, 11) is 0. The van der Waals surface area contributed by atoms with Crippen molar-refractivity contribution < 1.29 is 0 Å². The lowest BCUT2D eigenvalue weighted by Gasteiger charge is -2.10. The molecule has 0 aliphatic heterocycles. The molecule has 9 nitrogen and oxygen atoms in total. The summed E-state index contributed by atoms with van der Waals surface area (Å²) in [6.45, 7) is 0. The summed E-state index contributed by atoms with van der Waals surface area (Å²) >= 11 is 0. The number of hydrogen-bond acceptors (Lipinski definition) is 9. The van der Waals surface area contributed by atoms with E-state index in [0.717, 1.165) is 27.4 Å². The Hall–Kier alpha value is -4.53. The van der Waals surface area contributed by atoms with Crippen LogP contribution < -0.4 is 0 Å². The van der Waals surface area contributed by atoms with Crippen molar-refractivity contribution in [3.05, 3.63) is 66.9 Å². The quantitative estimate of drug-likeness (QED) is 0.440. The summed E-state index contributed by atoms with van der Waals surface area (Å²) < 4.78 is 0. The number of hydrogen-bond donors (Lipinski definition) is 0. The van der Waals surface area contributed by atoms with Crippen LogP contribution in [-0.2, 0) is 0 Å². The number of nitrogens with zero attached hydrogens (tertiary/aromatic N) is 9. The van der Waals surface area contributed by atoms with E-state index in [-0.39, 0.29) is 0 Å². The van der Waals surface area contributed by atoms with Crippen LogP contribution in [0.4, 0.5) is 0 Å². The molecule has 0 bridgehead atoms. The van der Waals surface area contributed by atoms with Crippen LogP contribution in [0.15, 0.2) is 66.9 Å². The summed E-state index contributed by atoms with van der Waals surface area (Å²) in [4.78, 5) is 4.50. The number of benzene rings is 2. The maximum Gasteiger partial charge on any atom is 0.205 e. The molecule has 0 saturated heterocycles. The minimum Gasteiger partial charge on any atom is -0.201 e. The van der Waals surface area contributed by atoms with Gasteiger partial charge in [-0.15, -0.1) is 35.7 Å². The first kappa shape index (κ1) is 16.4. The fraction of sp³-hybridized carbons (Fsp3) is 0. The van der Waals surface area contributed by atoms with Crippen molar-refractivity contribution in [1.82, 2.24) is 45.8 Å². The number of aromatic nitrogens is 9. The third kappa shape index (κ3) is 2.60. The van der Waals surface area contributed by atoms with Crippen molar-refractivity contribution in [2.24, 2.45) is 0 Å². The van der Waals surface area contributed by atoms with E-state index >= 15 is 0 Å². The zero-order valence-corrected chi connectivity index (χ0v) is 15.4. The lowest BCUT2D eigenvalue weighted by Crippen LogP contribution is -2.03. The summed E-state index contributed by atoms with van der Waals surface area (Å²) in [5.41, 5.74) is 4.33. The van der Waals surface area contributed by atoms with Gasteiger partial charge in [0.05, 0.1) is 22.9 Å². The van der Waals surface area contributed by atoms with Gasteiger partial charge in [-0.2, -0.15) is 5.10 Å². The van der Waals surface area contributed by atoms with Crippen molar-refractivity contribution in [1.29, 1.82) is 0 Å². The first-order chi connectivity index (χ1) is 14.9. The van der Waals surface area contributed by atoms with Gasteiger partial charge in [-0.1, -0.05) is 36.4 Å². The molecule has 4 aromatic heterocycles. The second kappa shape index (κ2) is 6.52. The zero-order valence-electron chi connectivity index (χ0n) is 15.4. The highest BCUT2D eigenvalue weighted by molar-refractivity contribution is 6.00. The lowest BCUT2D eigenvalue weighted by molar-refractivity contribution is 0.958. The van der Waals surface area contributed by atoms with Crippen LogP contribution in [0.25, 0.3) is 55.7 Å². The predicted octanol–water partition coefficient (Wildman–Crippen LogP) is 3.04. The number of rotatable bonds is 2. The summed E-state index contributed by atoms with van der Waals surface area (Å²) in [6, 6.07) is 19.2. The Morgan fingerprint density at radius 1 is 0.600 bits per heavy atom. The van der Waals surface area contributed by atoms with E-state index in [1.807, 2.05) is 54.6 Å². The van der Waals surface area contributed by atoms with Gasteiger partial charge in [-0.3, -0.25) is 0 Å². The molecule has 9 heteroatoms. The Balaban J connectivity index is 1.67. The van der Waals surface area contributed by atoms with Crippen molar-refractivity contribution in [2.45, 2.75) is 0 Å². The van der Waals surface area contributed by atoms with Gasteiger partial charge in [0.15, 0.2) is 0 Å². The van der Waals surface area contributed by atoms with Crippen molar-refractivity contribution >= 4 is 33.0 Å². The van der Waals surface area contributed by atoms with Crippen LogP contribution in [0.2, 0.25) is 0 Å². The van der Waals surface area contributed by atoms with Gasteiger partial charge in [-0.05, 0) is 24.3 Å². The van der Waals surface area contributed by atoms with E-state index in [9.17, 15) is 0 Å². The van der Waals surface area contributed by atoms with Crippen LogP contribution in [0.1, 0.15) is 0 Å². The Morgan fingerprint density at radius 2 is 1.40 bits per heavy atom. The molecule has 0 spiro atoms. The van der Waals surface area contributed by atoms with E-state index in [4.69, 9.17) is 0 Å². The first-order valence-electron chi connectivity index (χ1n) is 9.17. The maximum absolute atomic E-state index is 4.50. The molecule has 0 aliphatic carbocycles. The fourth-order valence-electron chi connectivity index (χ4n) is 3.38. The molecule has 0 amide bonds. The van der Waals surface area contributed by atoms with Crippen molar-refractivity contribution in [3.63, 3.8) is 0 Å². The second-order valence-electron chi connectivity index (χ2n) is 6.60. The average molecular weight is 389 g/mol. The molecular formula is C21H11N9. The third-order valence-corrected chi connectivity index (χ3v) is 4.78. The van der Waals surface area contributed by atoms with E-state index in [2.05, 4.69) is 45.8 Å². The molecule has 6 rings (SSSR count). The highest BCUT2D eigenvalue weighted by Gasteiger charge is 2.19. The van der Waals surface area contributed by atoms with Gasteiger partial charge in [0, 0.05) is 16.3 Å². The highest BCUT2D eigenvalue weighted by atomic mass is 15.2. The minimum absolute atomic E-state index is 0.297. The molecular weight excluding hydrogens is 378 g/mol. The van der Waals surface area contributed by atoms with Gasteiger partial charge < -0.3 is 0 Å². The molecule has 4 heterocycles. The second-order valence-corrected chi connectivity index (χ2v) is 6.60. The Morgan fingerprint density at radius 3 is 2.37 bits per heavy atom. The summed E-state index contributed by atoms with van der Waals surface area (Å²) in [6.07, 6.45) is 1.55. The van der Waals surface area contributed by atoms with Crippen molar-refractivity contribution in [3.8, 4) is 22.8 Å². The monoisotopic (exact) mass is 389 g/mol. The van der Waals surface area contributed by atoms with Gasteiger partial charge in [-0.25, -0.2) is 4.98 Å². The summed E-state index contributed by atoms with van der Waals surface area (Å²) in [5.74, 6) is 0.297. The number of fused-ring (bicyclic) bond motifs is 3. The largest absolute Gasteiger partial charge is 0.205 e. The molecule has 0 saturated carbocycles. The average Bonchev–Trinajstić information content (AvgIpc) is 2.82. The van der Waals surface area contributed by atoms with Crippen LogP contribution in [-0.4, -0.2) is 45.8 Å². The van der Waals surface area contributed by atoms with E-state index in [0.29, 0.717) is 28.4 Å². The molecule has 30 heavy (non-hydrogen) atoms. The molecule has 2 aromatic carbocycles. The molecule has 140 valence electrons. The molecule has 0 aliphatic rings. The molecule has 6 aromatic rings. The van der Waals surface area contributed by atoms with Crippen molar-refractivity contribution in [2.75, 3.05) is 0 Å². The van der Waals surface area contributed by atoms with Gasteiger partial charge in [0.25, 0.3) is 0 Å². The van der Waals surface area contributed by atoms with Gasteiger partial charge in [0.1, 0.15) is 11.2 Å². The smallest absolute Gasteiger partial charge is 0.201 e. The normalized spacial score (nSPS) is 11.3. The minimum atomic E-state index is 0.297. The molecule has 0 fully saturated rings. The highest BCUT2D eigenvalue weighted by Crippen LogP contribution is 2.33. The Labute approximate surface area is 168 Å². The Bertz CT molecular complexity index is 1570. The topological polar surface area (TPSA) is 116 Å². The SMILES string of the molecule is c1ccc2nnc(-c3c(-c4nnc5ccnnc5n4)nnc4ccccc34)cc2c1. The van der Waals surface area contributed by atoms with E-state index in [1.165, 1.54) is 0 Å².